The highest BCUT2D eigenvalue weighted by Gasteiger charge is 2.19. The third-order valence-electron chi connectivity index (χ3n) is 5.90. The van der Waals surface area contributed by atoms with Crippen molar-refractivity contribution in [2.24, 2.45) is 23.3 Å². The number of amides is 1. The van der Waals surface area contributed by atoms with Gasteiger partial charge in [0, 0.05) is 22.7 Å². The zero-order valence-corrected chi connectivity index (χ0v) is 18.5. The lowest BCUT2D eigenvalue weighted by atomic mass is 9.88. The van der Waals surface area contributed by atoms with Crippen LogP contribution in [0, 0.1) is 11.8 Å². The summed E-state index contributed by atoms with van der Waals surface area (Å²) in [5.74, 6) is -0.461. The second-order valence-corrected chi connectivity index (χ2v) is 8.32. The second-order valence-electron chi connectivity index (χ2n) is 8.32. The summed E-state index contributed by atoms with van der Waals surface area (Å²) < 4.78 is 0. The van der Waals surface area contributed by atoms with Gasteiger partial charge in [0.1, 0.15) is 0 Å². The first-order valence-corrected chi connectivity index (χ1v) is 10.9. The molecule has 32 heavy (non-hydrogen) atoms. The maximum Gasteiger partial charge on any atom is 0.220 e. The number of hydrogen-bond acceptors (Lipinski definition) is 3. The van der Waals surface area contributed by atoms with Gasteiger partial charge in [-0.2, -0.15) is 0 Å². The molecule has 0 aliphatic heterocycles. The van der Waals surface area contributed by atoms with Crippen LogP contribution in [0.25, 0.3) is 11.1 Å². The standard InChI is InChI=1S/C28H30N2O2/c1-19(20(2)29)17-26(28(30)32)16-13-21-11-14-22(15-12-21)24-9-6-10-25(18-24)27(31)23-7-4-3-5-8-23/h3-12,14-15,18-19,26H,2,13,16-17,29H2,1H3,(H2,30,32). The number of primary amides is 1. The van der Waals surface area contributed by atoms with Crippen LogP contribution in [0.1, 0.15) is 41.3 Å². The molecule has 2 atom stereocenters. The van der Waals surface area contributed by atoms with Gasteiger partial charge in [0.05, 0.1) is 0 Å². The predicted octanol–water partition coefficient (Wildman–Crippen LogP) is 5.12. The maximum atomic E-state index is 12.8. The molecule has 4 nitrogen and oxygen atoms in total. The second kappa shape index (κ2) is 10.6. The Labute approximate surface area is 190 Å². The van der Waals surface area contributed by atoms with Crippen LogP contribution in [0.3, 0.4) is 0 Å². The van der Waals surface area contributed by atoms with Crippen molar-refractivity contribution in [2.45, 2.75) is 26.2 Å². The average Bonchev–Trinajstić information content (AvgIpc) is 2.81. The molecule has 0 radical (unpaired) electrons. The topological polar surface area (TPSA) is 86.2 Å². The monoisotopic (exact) mass is 426 g/mol. The molecule has 0 aliphatic carbocycles. The minimum Gasteiger partial charge on any atom is -0.402 e. The summed E-state index contributed by atoms with van der Waals surface area (Å²) in [4.78, 5) is 24.6. The molecule has 4 heteroatoms. The first-order valence-electron chi connectivity index (χ1n) is 10.9. The van der Waals surface area contributed by atoms with Crippen LogP contribution in [0.15, 0.2) is 91.1 Å². The number of ketones is 1. The van der Waals surface area contributed by atoms with E-state index in [0.717, 1.165) is 23.1 Å². The van der Waals surface area contributed by atoms with E-state index in [-0.39, 0.29) is 23.5 Å². The summed E-state index contributed by atoms with van der Waals surface area (Å²) in [7, 11) is 0. The lowest BCUT2D eigenvalue weighted by Gasteiger charge is -2.18. The van der Waals surface area contributed by atoms with Gasteiger partial charge in [-0.15, -0.1) is 0 Å². The zero-order valence-electron chi connectivity index (χ0n) is 18.5. The first-order chi connectivity index (χ1) is 15.3. The lowest BCUT2D eigenvalue weighted by Crippen LogP contribution is -2.26. The number of carbonyl (C=O) groups is 2. The molecule has 3 aromatic rings. The van der Waals surface area contributed by atoms with Gasteiger partial charge in [-0.3, -0.25) is 9.59 Å². The Kier molecular flexibility index (Phi) is 7.61. The summed E-state index contributed by atoms with van der Waals surface area (Å²) in [5.41, 5.74) is 16.4. The minimum atomic E-state index is -0.297. The fourth-order valence-corrected chi connectivity index (χ4v) is 3.76. The molecule has 0 saturated carbocycles. The fraction of sp³-hybridized carbons (Fsp3) is 0.214. The van der Waals surface area contributed by atoms with Gasteiger partial charge in [-0.25, -0.2) is 0 Å². The molecule has 3 rings (SSSR count). The van der Waals surface area contributed by atoms with E-state index in [9.17, 15) is 9.59 Å². The SMILES string of the molecule is C=C(N)C(C)CC(CCc1ccc(-c2cccc(C(=O)c3ccccc3)c2)cc1)C(N)=O. The van der Waals surface area contributed by atoms with Crippen molar-refractivity contribution in [1.82, 2.24) is 0 Å². The van der Waals surface area contributed by atoms with E-state index in [2.05, 4.69) is 18.7 Å². The van der Waals surface area contributed by atoms with Crippen molar-refractivity contribution in [3.05, 3.63) is 108 Å². The van der Waals surface area contributed by atoms with E-state index < -0.39 is 0 Å². The van der Waals surface area contributed by atoms with Crippen LogP contribution >= 0.6 is 0 Å². The van der Waals surface area contributed by atoms with Crippen molar-refractivity contribution in [2.75, 3.05) is 0 Å². The van der Waals surface area contributed by atoms with Gasteiger partial charge >= 0.3 is 0 Å². The number of allylic oxidation sites excluding steroid dienone is 1. The molecule has 0 bridgehead atoms. The molecular weight excluding hydrogens is 396 g/mol. The van der Waals surface area contributed by atoms with E-state index in [0.29, 0.717) is 29.7 Å². The number of nitrogens with two attached hydrogens (primary N) is 2. The lowest BCUT2D eigenvalue weighted by molar-refractivity contribution is -0.122. The zero-order chi connectivity index (χ0) is 23.1. The highest BCUT2D eigenvalue weighted by atomic mass is 16.1. The van der Waals surface area contributed by atoms with Crippen LogP contribution in [-0.4, -0.2) is 11.7 Å². The van der Waals surface area contributed by atoms with Crippen molar-refractivity contribution in [3.8, 4) is 11.1 Å². The molecule has 0 saturated heterocycles. The van der Waals surface area contributed by atoms with Gasteiger partial charge in [-0.05, 0) is 47.9 Å². The van der Waals surface area contributed by atoms with Gasteiger partial charge in [0.25, 0.3) is 0 Å². The van der Waals surface area contributed by atoms with Crippen molar-refractivity contribution in [1.29, 1.82) is 0 Å². The van der Waals surface area contributed by atoms with Crippen LogP contribution in [0.4, 0.5) is 0 Å². The number of benzene rings is 3. The fourth-order valence-electron chi connectivity index (χ4n) is 3.76. The summed E-state index contributed by atoms with van der Waals surface area (Å²) >= 11 is 0. The molecule has 3 aromatic carbocycles. The molecule has 0 spiro atoms. The maximum absolute atomic E-state index is 12.8. The van der Waals surface area contributed by atoms with E-state index >= 15 is 0 Å². The van der Waals surface area contributed by atoms with Crippen LogP contribution < -0.4 is 11.5 Å². The third kappa shape index (κ3) is 5.94. The van der Waals surface area contributed by atoms with E-state index in [4.69, 9.17) is 11.5 Å². The van der Waals surface area contributed by atoms with Gasteiger partial charge in [0.15, 0.2) is 5.78 Å². The Balaban J connectivity index is 1.68. The Morgan fingerprint density at radius 2 is 1.50 bits per heavy atom. The molecule has 2 unspecified atom stereocenters. The van der Waals surface area contributed by atoms with Gasteiger partial charge < -0.3 is 11.5 Å². The van der Waals surface area contributed by atoms with Crippen LogP contribution in [0.5, 0.6) is 0 Å². The molecule has 164 valence electrons. The summed E-state index contributed by atoms with van der Waals surface area (Å²) in [6.45, 7) is 5.72. The third-order valence-corrected chi connectivity index (χ3v) is 5.90. The summed E-state index contributed by atoms with van der Waals surface area (Å²) in [6, 6.07) is 25.2. The Hall–Kier alpha value is -3.66. The predicted molar refractivity (Wildman–Crippen MR) is 130 cm³/mol. The Morgan fingerprint density at radius 3 is 2.12 bits per heavy atom. The van der Waals surface area contributed by atoms with Gasteiger partial charge in [0.2, 0.25) is 5.91 Å². The van der Waals surface area contributed by atoms with E-state index in [1.54, 1.807) is 0 Å². The molecular formula is C28H30N2O2. The number of carbonyl (C=O) groups excluding carboxylic acids is 2. The van der Waals surface area contributed by atoms with Crippen molar-refractivity contribution >= 4 is 11.7 Å². The number of hydrogen-bond donors (Lipinski definition) is 2. The highest BCUT2D eigenvalue weighted by Crippen LogP contribution is 2.24. The Bertz CT molecular complexity index is 1090. The normalized spacial score (nSPS) is 12.7. The molecule has 1 amide bonds. The summed E-state index contributed by atoms with van der Waals surface area (Å²) in [5, 5.41) is 0. The number of aryl methyl sites for hydroxylation is 1. The highest BCUT2D eigenvalue weighted by molar-refractivity contribution is 6.09. The molecule has 0 fully saturated rings. The van der Waals surface area contributed by atoms with E-state index in [1.807, 2.05) is 73.7 Å². The summed E-state index contributed by atoms with van der Waals surface area (Å²) in [6.07, 6.45) is 2.04. The Morgan fingerprint density at radius 1 is 0.844 bits per heavy atom. The van der Waals surface area contributed by atoms with Crippen LogP contribution in [-0.2, 0) is 11.2 Å². The quantitative estimate of drug-likeness (QED) is 0.441. The smallest absolute Gasteiger partial charge is 0.220 e. The number of rotatable bonds is 10. The average molecular weight is 427 g/mol. The molecule has 4 N–H and O–H groups in total. The van der Waals surface area contributed by atoms with Gasteiger partial charge in [-0.1, -0.05) is 86.3 Å². The molecule has 0 aliphatic rings. The largest absolute Gasteiger partial charge is 0.402 e. The van der Waals surface area contributed by atoms with Crippen LogP contribution in [0.2, 0.25) is 0 Å². The molecule has 0 aromatic heterocycles. The van der Waals surface area contributed by atoms with E-state index in [1.165, 1.54) is 0 Å². The first kappa shape index (κ1) is 23.0. The van der Waals surface area contributed by atoms with Crippen molar-refractivity contribution < 1.29 is 9.59 Å². The minimum absolute atomic E-state index is 0.0101. The van der Waals surface area contributed by atoms with Crippen molar-refractivity contribution in [3.63, 3.8) is 0 Å². The molecule has 0 heterocycles.